The van der Waals surface area contributed by atoms with E-state index in [9.17, 15) is 0 Å². The van der Waals surface area contributed by atoms with Crippen LogP contribution in [0.1, 0.15) is 34.7 Å². The number of allylic oxidation sites excluding steroid dienone is 5. The predicted molar refractivity (Wildman–Crippen MR) is 213 cm³/mol. The van der Waals surface area contributed by atoms with Crippen molar-refractivity contribution >= 4 is 39.7 Å². The summed E-state index contributed by atoms with van der Waals surface area (Å²) in [5.41, 5.74) is 16.1. The highest BCUT2D eigenvalue weighted by molar-refractivity contribution is 6.01. The first kappa shape index (κ1) is 33.1. The minimum atomic E-state index is 1.10. The van der Waals surface area contributed by atoms with E-state index in [0.29, 0.717) is 0 Å². The van der Waals surface area contributed by atoms with E-state index in [4.69, 9.17) is 0 Å². The molecule has 0 aliphatic carbocycles. The Morgan fingerprint density at radius 1 is 0.490 bits per heavy atom. The largest absolute Gasteiger partial charge is 0.310 e. The fourth-order valence-electron chi connectivity index (χ4n) is 6.53. The minimum Gasteiger partial charge on any atom is -0.310 e. The molecular formula is C47H44N2. The Bertz CT molecular complexity index is 2060. The van der Waals surface area contributed by atoms with Crippen molar-refractivity contribution < 1.29 is 0 Å². The van der Waals surface area contributed by atoms with E-state index in [1.165, 1.54) is 22.3 Å². The van der Waals surface area contributed by atoms with Crippen molar-refractivity contribution in [2.75, 3.05) is 9.80 Å². The van der Waals surface area contributed by atoms with Crippen molar-refractivity contribution in [2.45, 2.75) is 34.6 Å². The molecule has 242 valence electrons. The normalized spacial score (nSPS) is 11.5. The highest BCUT2D eigenvalue weighted by Gasteiger charge is 2.26. The van der Waals surface area contributed by atoms with Gasteiger partial charge in [0.25, 0.3) is 0 Å². The van der Waals surface area contributed by atoms with Crippen LogP contribution in [0.25, 0.3) is 16.7 Å². The standard InChI is InChI=1S/C47H44N2/c1-7-8-10-21-38(6)46-44(48(40-24-13-17-34(2)30-40)41-25-14-18-35(3)31-41)28-29-45(47(46)39-22-11-9-12-23-39)49(42-26-15-19-36(4)32-42)43-27-16-20-37(5)33-43/h7-33H,1H2,2-6H3/b10-8-,38-21+. The third-order valence-electron chi connectivity index (χ3n) is 8.73. The predicted octanol–water partition coefficient (Wildman–Crippen LogP) is 13.7. The van der Waals surface area contributed by atoms with Gasteiger partial charge in [0.1, 0.15) is 0 Å². The molecule has 0 saturated heterocycles. The van der Waals surface area contributed by atoms with Crippen molar-refractivity contribution in [3.63, 3.8) is 0 Å². The van der Waals surface area contributed by atoms with Crippen LogP contribution in [0.4, 0.5) is 34.1 Å². The topological polar surface area (TPSA) is 6.48 Å². The van der Waals surface area contributed by atoms with Crippen molar-refractivity contribution in [1.29, 1.82) is 0 Å². The molecule has 0 saturated carbocycles. The summed E-state index contributed by atoms with van der Waals surface area (Å²) in [6.45, 7) is 14.8. The maximum Gasteiger partial charge on any atom is 0.0547 e. The van der Waals surface area contributed by atoms with Gasteiger partial charge in [-0.25, -0.2) is 0 Å². The number of hydrogen-bond acceptors (Lipinski definition) is 2. The van der Waals surface area contributed by atoms with Crippen LogP contribution in [0.5, 0.6) is 0 Å². The van der Waals surface area contributed by atoms with Gasteiger partial charge in [0.2, 0.25) is 0 Å². The summed E-state index contributed by atoms with van der Waals surface area (Å²) < 4.78 is 0. The van der Waals surface area contributed by atoms with Gasteiger partial charge < -0.3 is 9.80 Å². The second-order valence-corrected chi connectivity index (χ2v) is 12.7. The average Bonchev–Trinajstić information content (AvgIpc) is 3.09. The zero-order valence-electron chi connectivity index (χ0n) is 29.2. The Labute approximate surface area is 292 Å². The van der Waals surface area contributed by atoms with Crippen LogP contribution in [0.15, 0.2) is 170 Å². The lowest BCUT2D eigenvalue weighted by atomic mass is 9.89. The molecule has 0 spiro atoms. The minimum absolute atomic E-state index is 1.10. The fraction of sp³-hybridized carbons (Fsp3) is 0.106. The monoisotopic (exact) mass is 636 g/mol. The van der Waals surface area contributed by atoms with E-state index in [1.54, 1.807) is 0 Å². The molecular weight excluding hydrogens is 593 g/mol. The van der Waals surface area contributed by atoms with Gasteiger partial charge in [-0.2, -0.15) is 0 Å². The molecule has 0 radical (unpaired) electrons. The number of aryl methyl sites for hydroxylation is 4. The van der Waals surface area contributed by atoms with Gasteiger partial charge in [-0.05, 0) is 129 Å². The number of benzene rings is 6. The van der Waals surface area contributed by atoms with Crippen LogP contribution in [-0.4, -0.2) is 0 Å². The number of nitrogens with zero attached hydrogens (tertiary/aromatic N) is 2. The fourth-order valence-corrected chi connectivity index (χ4v) is 6.53. The summed E-state index contributed by atoms with van der Waals surface area (Å²) in [6, 6.07) is 50.5. The van der Waals surface area contributed by atoms with Gasteiger partial charge in [-0.1, -0.05) is 110 Å². The third kappa shape index (κ3) is 7.35. The second-order valence-electron chi connectivity index (χ2n) is 12.7. The Balaban J connectivity index is 1.77. The summed E-state index contributed by atoms with van der Waals surface area (Å²) >= 11 is 0. The first-order valence-corrected chi connectivity index (χ1v) is 16.9. The van der Waals surface area contributed by atoms with E-state index >= 15 is 0 Å². The van der Waals surface area contributed by atoms with Gasteiger partial charge in [0.15, 0.2) is 0 Å². The summed E-state index contributed by atoms with van der Waals surface area (Å²) in [6.07, 6.45) is 8.09. The number of hydrogen-bond donors (Lipinski definition) is 0. The first-order chi connectivity index (χ1) is 23.8. The molecule has 2 nitrogen and oxygen atoms in total. The third-order valence-corrected chi connectivity index (χ3v) is 8.73. The maximum absolute atomic E-state index is 3.92. The molecule has 0 atom stereocenters. The lowest BCUT2D eigenvalue weighted by Crippen LogP contribution is -2.16. The van der Waals surface area contributed by atoms with Crippen LogP contribution >= 0.6 is 0 Å². The van der Waals surface area contributed by atoms with E-state index < -0.39 is 0 Å². The highest BCUT2D eigenvalue weighted by atomic mass is 15.2. The quantitative estimate of drug-likeness (QED) is 0.138. The van der Waals surface area contributed by atoms with Gasteiger partial charge in [0.05, 0.1) is 11.4 Å². The van der Waals surface area contributed by atoms with Crippen molar-refractivity contribution in [3.05, 3.63) is 198 Å². The Morgan fingerprint density at radius 3 is 1.35 bits per heavy atom. The molecule has 6 rings (SSSR count). The average molecular weight is 637 g/mol. The van der Waals surface area contributed by atoms with Gasteiger partial charge in [0, 0.05) is 33.9 Å². The first-order valence-electron chi connectivity index (χ1n) is 16.9. The summed E-state index contributed by atoms with van der Waals surface area (Å²) in [5.74, 6) is 0. The van der Waals surface area contributed by atoms with Crippen LogP contribution < -0.4 is 9.80 Å². The van der Waals surface area contributed by atoms with Crippen LogP contribution in [0.2, 0.25) is 0 Å². The lowest BCUT2D eigenvalue weighted by molar-refractivity contribution is 1.23. The second kappa shape index (κ2) is 14.9. The molecule has 0 N–H and O–H groups in total. The molecule has 0 amide bonds. The molecule has 49 heavy (non-hydrogen) atoms. The summed E-state index contributed by atoms with van der Waals surface area (Å²) in [5, 5.41) is 0. The summed E-state index contributed by atoms with van der Waals surface area (Å²) in [7, 11) is 0. The van der Waals surface area contributed by atoms with E-state index in [0.717, 1.165) is 56.4 Å². The van der Waals surface area contributed by atoms with Crippen LogP contribution in [-0.2, 0) is 0 Å². The Morgan fingerprint density at radius 2 is 0.918 bits per heavy atom. The molecule has 2 heteroatoms. The van der Waals surface area contributed by atoms with E-state index in [-0.39, 0.29) is 0 Å². The Hall–Kier alpha value is -5.86. The smallest absolute Gasteiger partial charge is 0.0547 e. The molecule has 0 aliphatic rings. The maximum atomic E-state index is 3.92. The summed E-state index contributed by atoms with van der Waals surface area (Å²) in [4.78, 5) is 4.82. The van der Waals surface area contributed by atoms with Gasteiger partial charge in [-0.3, -0.25) is 0 Å². The molecule has 0 heterocycles. The SMILES string of the molecule is C=C/C=C\C=C(/C)c1c(N(c2cccc(C)c2)c2cccc(C)c2)ccc(N(c2cccc(C)c2)c2cccc(C)c2)c1-c1ccccc1. The molecule has 0 fully saturated rings. The van der Waals surface area contributed by atoms with Gasteiger partial charge in [-0.15, -0.1) is 0 Å². The zero-order chi connectivity index (χ0) is 34.3. The lowest BCUT2D eigenvalue weighted by Gasteiger charge is -2.34. The van der Waals surface area contributed by atoms with Crippen molar-refractivity contribution in [2.24, 2.45) is 0 Å². The molecule has 0 aliphatic heterocycles. The molecule has 0 bridgehead atoms. The van der Waals surface area contributed by atoms with Crippen LogP contribution in [0, 0.1) is 27.7 Å². The van der Waals surface area contributed by atoms with Crippen molar-refractivity contribution in [3.8, 4) is 11.1 Å². The van der Waals surface area contributed by atoms with Crippen molar-refractivity contribution in [1.82, 2.24) is 0 Å². The van der Waals surface area contributed by atoms with Gasteiger partial charge >= 0.3 is 0 Å². The zero-order valence-corrected chi connectivity index (χ0v) is 29.2. The Kier molecular flexibility index (Phi) is 10.1. The van der Waals surface area contributed by atoms with Crippen LogP contribution in [0.3, 0.4) is 0 Å². The van der Waals surface area contributed by atoms with E-state index in [1.807, 2.05) is 12.2 Å². The number of rotatable bonds is 10. The number of anilines is 6. The molecule has 0 aromatic heterocycles. The highest BCUT2D eigenvalue weighted by Crippen LogP contribution is 2.50. The molecule has 0 unspecified atom stereocenters. The van der Waals surface area contributed by atoms with E-state index in [2.05, 4.69) is 203 Å². The molecule has 6 aromatic rings. The molecule has 6 aromatic carbocycles.